The maximum Gasteiger partial charge on any atom is 0.240 e. The molecule has 2 rings (SSSR count). The molecule has 0 amide bonds. The fourth-order valence-corrected chi connectivity index (χ4v) is 3.88. The minimum atomic E-state index is -3.41. The van der Waals surface area contributed by atoms with Crippen LogP contribution in [0.5, 0.6) is 5.75 Å². The molecule has 0 atom stereocenters. The van der Waals surface area contributed by atoms with Gasteiger partial charge >= 0.3 is 0 Å². The summed E-state index contributed by atoms with van der Waals surface area (Å²) in [6.45, 7) is 6.27. The van der Waals surface area contributed by atoms with E-state index in [1.807, 2.05) is 0 Å². The quantitative estimate of drug-likeness (QED) is 0.724. The summed E-state index contributed by atoms with van der Waals surface area (Å²) in [5.74, 6) is 1.50. The lowest BCUT2D eigenvalue weighted by atomic mass is 9.99. The van der Waals surface area contributed by atoms with Crippen LogP contribution in [0.15, 0.2) is 29.2 Å². The van der Waals surface area contributed by atoms with Crippen molar-refractivity contribution >= 4 is 10.0 Å². The topological polar surface area (TPSA) is 59.8 Å². The monoisotopic (exact) mass is 327 g/mol. The highest BCUT2D eigenvalue weighted by Crippen LogP contribution is 2.15. The highest BCUT2D eigenvalue weighted by Gasteiger charge is 2.19. The Morgan fingerprint density at radius 1 is 1.23 bits per heavy atom. The van der Waals surface area contributed by atoms with Gasteiger partial charge in [-0.25, -0.2) is 13.1 Å². The van der Waals surface area contributed by atoms with E-state index >= 15 is 0 Å². The van der Waals surface area contributed by atoms with E-state index in [0.717, 1.165) is 18.9 Å². The zero-order chi connectivity index (χ0) is 16.0. The van der Waals surface area contributed by atoms with Gasteiger partial charge in [0.05, 0.1) is 31.6 Å². The van der Waals surface area contributed by atoms with E-state index in [2.05, 4.69) is 11.6 Å². The van der Waals surface area contributed by atoms with E-state index in [1.54, 1.807) is 36.3 Å². The van der Waals surface area contributed by atoms with Crippen molar-refractivity contribution in [3.05, 3.63) is 24.3 Å². The largest absolute Gasteiger partial charge is 0.497 e. The summed E-state index contributed by atoms with van der Waals surface area (Å²) in [5.41, 5.74) is 0. The second kappa shape index (κ2) is 7.94. The van der Waals surface area contributed by atoms with Gasteiger partial charge < -0.3 is 9.64 Å². The van der Waals surface area contributed by atoms with Gasteiger partial charge in [-0.15, -0.1) is 0 Å². The molecule has 1 aromatic rings. The maximum absolute atomic E-state index is 12.2. The van der Waals surface area contributed by atoms with Gasteiger partial charge in [-0.05, 0) is 43.0 Å². The second-order valence-electron chi connectivity index (χ2n) is 6.11. The Bertz CT molecular complexity index is 549. The smallest absolute Gasteiger partial charge is 0.240 e. The Morgan fingerprint density at radius 2 is 1.86 bits per heavy atom. The van der Waals surface area contributed by atoms with Gasteiger partial charge in [0.2, 0.25) is 10.0 Å². The lowest BCUT2D eigenvalue weighted by Gasteiger charge is -2.27. The third-order valence-corrected chi connectivity index (χ3v) is 5.83. The van der Waals surface area contributed by atoms with E-state index in [-0.39, 0.29) is 4.90 Å². The van der Waals surface area contributed by atoms with Crippen LogP contribution in [0.3, 0.4) is 0 Å². The fourth-order valence-electron chi connectivity index (χ4n) is 2.80. The zero-order valence-corrected chi connectivity index (χ0v) is 14.3. The molecule has 1 aliphatic heterocycles. The summed E-state index contributed by atoms with van der Waals surface area (Å²) in [7, 11) is -1.85. The molecule has 0 aliphatic carbocycles. The van der Waals surface area contributed by atoms with Crippen LogP contribution in [-0.4, -0.2) is 41.7 Å². The van der Waals surface area contributed by atoms with Crippen molar-refractivity contribution in [2.75, 3.05) is 33.3 Å². The molecule has 0 spiro atoms. The first kappa shape index (κ1) is 17.2. The number of piperidine rings is 1. The Hall–Kier alpha value is -1.11. The molecule has 22 heavy (non-hydrogen) atoms. The van der Waals surface area contributed by atoms with Crippen LogP contribution in [0, 0.1) is 5.92 Å². The number of hydrogen-bond donors (Lipinski definition) is 2. The van der Waals surface area contributed by atoms with Crippen molar-refractivity contribution in [2.24, 2.45) is 5.92 Å². The minimum Gasteiger partial charge on any atom is -0.497 e. The Balaban J connectivity index is 1.75. The summed E-state index contributed by atoms with van der Waals surface area (Å²) in [6.07, 6.45) is 3.44. The SMILES string of the molecule is COc1ccc(S(=O)(=O)NCCC[NH+]2CCC(C)CC2)cc1. The van der Waals surface area contributed by atoms with Gasteiger partial charge in [0.15, 0.2) is 0 Å². The highest BCUT2D eigenvalue weighted by atomic mass is 32.2. The molecule has 2 N–H and O–H groups in total. The maximum atomic E-state index is 12.2. The van der Waals surface area contributed by atoms with Gasteiger partial charge in [0.25, 0.3) is 0 Å². The predicted molar refractivity (Wildman–Crippen MR) is 86.8 cm³/mol. The summed E-state index contributed by atoms with van der Waals surface area (Å²) >= 11 is 0. The lowest BCUT2D eigenvalue weighted by molar-refractivity contribution is -0.906. The van der Waals surface area contributed by atoms with Crippen LogP contribution in [-0.2, 0) is 10.0 Å². The molecular weight excluding hydrogens is 300 g/mol. The number of rotatable bonds is 7. The molecule has 0 bridgehead atoms. The molecule has 0 unspecified atom stereocenters. The van der Waals surface area contributed by atoms with E-state index in [9.17, 15) is 8.42 Å². The number of nitrogens with one attached hydrogen (secondary N) is 2. The van der Waals surface area contributed by atoms with Crippen LogP contribution >= 0.6 is 0 Å². The zero-order valence-electron chi connectivity index (χ0n) is 13.5. The molecule has 1 fully saturated rings. The van der Waals surface area contributed by atoms with Gasteiger partial charge in [-0.1, -0.05) is 6.92 Å². The van der Waals surface area contributed by atoms with Gasteiger partial charge in [0, 0.05) is 13.0 Å². The Labute approximate surface area is 133 Å². The van der Waals surface area contributed by atoms with Crippen molar-refractivity contribution in [2.45, 2.75) is 31.1 Å². The van der Waals surface area contributed by atoms with Crippen molar-refractivity contribution in [3.63, 3.8) is 0 Å². The van der Waals surface area contributed by atoms with E-state index < -0.39 is 10.0 Å². The average molecular weight is 327 g/mol. The number of quaternary nitrogens is 1. The third kappa shape index (κ3) is 4.97. The molecule has 1 saturated heterocycles. The summed E-state index contributed by atoms with van der Waals surface area (Å²) in [6, 6.07) is 6.46. The summed E-state index contributed by atoms with van der Waals surface area (Å²) in [4.78, 5) is 1.88. The predicted octanol–water partition coefficient (Wildman–Crippen LogP) is 0.678. The van der Waals surface area contributed by atoms with Crippen LogP contribution in [0.4, 0.5) is 0 Å². The third-order valence-electron chi connectivity index (χ3n) is 4.35. The number of likely N-dealkylation sites (tertiary alicyclic amines) is 1. The lowest BCUT2D eigenvalue weighted by Crippen LogP contribution is -3.13. The molecule has 1 aliphatic rings. The number of hydrogen-bond acceptors (Lipinski definition) is 3. The van der Waals surface area contributed by atoms with Crippen LogP contribution < -0.4 is 14.4 Å². The second-order valence-corrected chi connectivity index (χ2v) is 7.88. The number of methoxy groups -OCH3 is 1. The molecule has 0 saturated carbocycles. The van der Waals surface area contributed by atoms with Gasteiger partial charge in [-0.3, -0.25) is 0 Å². The Kier molecular flexibility index (Phi) is 6.23. The normalized spacial score (nSPS) is 22.5. The van der Waals surface area contributed by atoms with E-state index in [4.69, 9.17) is 4.74 Å². The van der Waals surface area contributed by atoms with E-state index in [1.165, 1.54) is 25.9 Å². The first-order valence-electron chi connectivity index (χ1n) is 7.98. The molecule has 1 aromatic carbocycles. The van der Waals surface area contributed by atoms with Crippen LogP contribution in [0.25, 0.3) is 0 Å². The molecule has 0 radical (unpaired) electrons. The van der Waals surface area contributed by atoms with Crippen LogP contribution in [0.2, 0.25) is 0 Å². The number of benzene rings is 1. The summed E-state index contributed by atoms with van der Waals surface area (Å²) in [5, 5.41) is 0. The standard InChI is InChI=1S/C16H26N2O3S/c1-14-8-12-18(13-9-14)11-3-10-17-22(19,20)16-6-4-15(21-2)5-7-16/h4-7,14,17H,3,8-13H2,1-2H3/p+1. The minimum absolute atomic E-state index is 0.285. The molecule has 124 valence electrons. The number of ether oxygens (including phenoxy) is 1. The number of sulfonamides is 1. The van der Waals surface area contributed by atoms with Gasteiger partial charge in [0.1, 0.15) is 5.75 Å². The van der Waals surface area contributed by atoms with Crippen molar-refractivity contribution in [3.8, 4) is 5.75 Å². The first-order chi connectivity index (χ1) is 10.5. The molecule has 0 aromatic heterocycles. The van der Waals surface area contributed by atoms with Crippen molar-refractivity contribution in [1.29, 1.82) is 0 Å². The van der Waals surface area contributed by atoms with Crippen LogP contribution in [0.1, 0.15) is 26.2 Å². The highest BCUT2D eigenvalue weighted by molar-refractivity contribution is 7.89. The van der Waals surface area contributed by atoms with Gasteiger partial charge in [-0.2, -0.15) is 0 Å². The average Bonchev–Trinajstić information content (AvgIpc) is 2.53. The fraction of sp³-hybridized carbons (Fsp3) is 0.625. The van der Waals surface area contributed by atoms with E-state index in [0.29, 0.717) is 12.3 Å². The molecule has 6 heteroatoms. The van der Waals surface area contributed by atoms with Crippen molar-refractivity contribution in [1.82, 2.24) is 4.72 Å². The molecular formula is C16H27N2O3S+. The molecule has 5 nitrogen and oxygen atoms in total. The first-order valence-corrected chi connectivity index (χ1v) is 9.47. The summed E-state index contributed by atoms with van der Waals surface area (Å²) < 4.78 is 32.1. The van der Waals surface area contributed by atoms with Crippen molar-refractivity contribution < 1.29 is 18.1 Å². The molecule has 1 heterocycles. The Morgan fingerprint density at radius 3 is 2.45 bits per heavy atom.